The SMILES string of the molecule is CSc1nccn1-c1ccc(C(=O)N(CC(C)O)C(C)C)cc1. The second kappa shape index (κ2) is 7.66. The first-order valence-electron chi connectivity index (χ1n) is 7.60. The van der Waals surface area contributed by atoms with E-state index < -0.39 is 6.10 Å². The number of aliphatic hydroxyl groups is 1. The molecule has 1 N–H and O–H groups in total. The molecule has 0 bridgehead atoms. The molecule has 23 heavy (non-hydrogen) atoms. The molecule has 1 amide bonds. The zero-order valence-corrected chi connectivity index (χ0v) is 14.7. The third kappa shape index (κ3) is 4.14. The van der Waals surface area contributed by atoms with Crippen molar-refractivity contribution < 1.29 is 9.90 Å². The monoisotopic (exact) mass is 333 g/mol. The van der Waals surface area contributed by atoms with E-state index in [1.165, 1.54) is 0 Å². The molecule has 1 atom stereocenters. The van der Waals surface area contributed by atoms with Crippen LogP contribution in [0.4, 0.5) is 0 Å². The first-order valence-corrected chi connectivity index (χ1v) is 8.83. The maximum Gasteiger partial charge on any atom is 0.254 e. The molecule has 0 fully saturated rings. The molecular weight excluding hydrogens is 310 g/mol. The van der Waals surface area contributed by atoms with Gasteiger partial charge in [0.2, 0.25) is 0 Å². The Morgan fingerprint density at radius 3 is 2.48 bits per heavy atom. The Hall–Kier alpha value is -1.79. The standard InChI is InChI=1S/C17H23N3O2S/c1-12(2)20(11-13(3)21)16(22)14-5-7-15(8-6-14)19-10-9-18-17(19)23-4/h5-10,12-13,21H,11H2,1-4H3. The number of benzene rings is 1. The van der Waals surface area contributed by atoms with Crippen LogP contribution in [0.15, 0.2) is 41.8 Å². The third-order valence-corrected chi connectivity index (χ3v) is 4.19. The number of aliphatic hydroxyl groups excluding tert-OH is 1. The topological polar surface area (TPSA) is 58.4 Å². The molecule has 1 aromatic heterocycles. The average Bonchev–Trinajstić information content (AvgIpc) is 3.00. The van der Waals surface area contributed by atoms with Crippen molar-refractivity contribution >= 4 is 17.7 Å². The van der Waals surface area contributed by atoms with Crippen LogP contribution in [0.1, 0.15) is 31.1 Å². The minimum absolute atomic E-state index is 0.0357. The van der Waals surface area contributed by atoms with E-state index in [0.29, 0.717) is 12.1 Å². The van der Waals surface area contributed by atoms with Gasteiger partial charge < -0.3 is 10.0 Å². The summed E-state index contributed by atoms with van der Waals surface area (Å²) in [7, 11) is 0. The molecular formula is C17H23N3O2S. The molecule has 1 heterocycles. The van der Waals surface area contributed by atoms with E-state index >= 15 is 0 Å². The summed E-state index contributed by atoms with van der Waals surface area (Å²) in [6.07, 6.45) is 5.09. The number of hydrogen-bond donors (Lipinski definition) is 1. The molecule has 0 aliphatic rings. The minimum Gasteiger partial charge on any atom is -0.392 e. The van der Waals surface area contributed by atoms with Gasteiger partial charge >= 0.3 is 0 Å². The van der Waals surface area contributed by atoms with Crippen LogP contribution in [-0.2, 0) is 0 Å². The molecule has 5 nitrogen and oxygen atoms in total. The van der Waals surface area contributed by atoms with Crippen LogP contribution in [0.25, 0.3) is 5.69 Å². The maximum atomic E-state index is 12.6. The Morgan fingerprint density at radius 2 is 1.96 bits per heavy atom. The zero-order valence-electron chi connectivity index (χ0n) is 13.9. The van der Waals surface area contributed by atoms with Crippen molar-refractivity contribution in [1.82, 2.24) is 14.5 Å². The lowest BCUT2D eigenvalue weighted by Gasteiger charge is -2.28. The molecule has 1 unspecified atom stereocenters. The van der Waals surface area contributed by atoms with Gasteiger partial charge in [0.15, 0.2) is 5.16 Å². The fraction of sp³-hybridized carbons (Fsp3) is 0.412. The Labute approximate surface area is 141 Å². The highest BCUT2D eigenvalue weighted by Gasteiger charge is 2.20. The first kappa shape index (κ1) is 17.6. The van der Waals surface area contributed by atoms with Gasteiger partial charge in [-0.15, -0.1) is 0 Å². The average molecular weight is 333 g/mol. The molecule has 6 heteroatoms. The largest absolute Gasteiger partial charge is 0.392 e. The highest BCUT2D eigenvalue weighted by molar-refractivity contribution is 7.98. The molecule has 1 aromatic carbocycles. The fourth-order valence-corrected chi connectivity index (χ4v) is 2.91. The van der Waals surface area contributed by atoms with E-state index in [1.807, 2.05) is 55.1 Å². The quantitative estimate of drug-likeness (QED) is 0.826. The molecule has 0 radical (unpaired) electrons. The van der Waals surface area contributed by atoms with Crippen molar-refractivity contribution in [1.29, 1.82) is 0 Å². The third-order valence-electron chi connectivity index (χ3n) is 3.53. The fourth-order valence-electron chi connectivity index (χ4n) is 2.38. The second-order valence-corrected chi connectivity index (χ2v) is 6.50. The minimum atomic E-state index is -0.546. The lowest BCUT2D eigenvalue weighted by Crippen LogP contribution is -2.41. The van der Waals surface area contributed by atoms with Crippen LogP contribution in [0, 0.1) is 0 Å². The number of amides is 1. The van der Waals surface area contributed by atoms with Gasteiger partial charge in [-0.2, -0.15) is 0 Å². The predicted octanol–water partition coefficient (Wildman–Crippen LogP) is 2.83. The van der Waals surface area contributed by atoms with Gasteiger partial charge in [-0.05, 0) is 51.3 Å². The van der Waals surface area contributed by atoms with E-state index in [4.69, 9.17) is 0 Å². The molecule has 2 rings (SSSR count). The summed E-state index contributed by atoms with van der Waals surface area (Å²) in [5.41, 5.74) is 1.59. The summed E-state index contributed by atoms with van der Waals surface area (Å²) in [6.45, 7) is 5.92. The summed E-state index contributed by atoms with van der Waals surface area (Å²) in [5, 5.41) is 10.5. The van der Waals surface area contributed by atoms with E-state index in [0.717, 1.165) is 10.8 Å². The molecule has 0 aliphatic heterocycles. The molecule has 0 saturated heterocycles. The van der Waals surface area contributed by atoms with Gasteiger partial charge in [-0.1, -0.05) is 11.8 Å². The van der Waals surface area contributed by atoms with E-state index in [2.05, 4.69) is 4.98 Å². The Morgan fingerprint density at radius 1 is 1.30 bits per heavy atom. The number of imidazole rings is 1. The molecule has 0 saturated carbocycles. The number of rotatable bonds is 6. The van der Waals surface area contributed by atoms with Crippen LogP contribution in [0.2, 0.25) is 0 Å². The van der Waals surface area contributed by atoms with Crippen molar-refractivity contribution in [2.45, 2.75) is 38.1 Å². The molecule has 0 spiro atoms. The van der Waals surface area contributed by atoms with Crippen molar-refractivity contribution in [3.8, 4) is 5.69 Å². The highest BCUT2D eigenvalue weighted by Crippen LogP contribution is 2.19. The first-order chi connectivity index (χ1) is 10.9. The van der Waals surface area contributed by atoms with Gasteiger partial charge in [0.1, 0.15) is 0 Å². The van der Waals surface area contributed by atoms with E-state index in [9.17, 15) is 9.90 Å². The van der Waals surface area contributed by atoms with Crippen LogP contribution in [0.5, 0.6) is 0 Å². The van der Waals surface area contributed by atoms with Gasteiger partial charge in [0.05, 0.1) is 6.10 Å². The Bertz CT molecular complexity index is 650. The summed E-state index contributed by atoms with van der Waals surface area (Å²) in [4.78, 5) is 18.6. The van der Waals surface area contributed by atoms with Crippen LogP contribution in [-0.4, -0.2) is 50.4 Å². The zero-order chi connectivity index (χ0) is 17.0. The summed E-state index contributed by atoms with van der Waals surface area (Å²) < 4.78 is 1.98. The summed E-state index contributed by atoms with van der Waals surface area (Å²) in [5.74, 6) is -0.0665. The smallest absolute Gasteiger partial charge is 0.254 e. The van der Waals surface area contributed by atoms with E-state index in [-0.39, 0.29) is 11.9 Å². The lowest BCUT2D eigenvalue weighted by molar-refractivity contribution is 0.0579. The molecule has 2 aromatic rings. The predicted molar refractivity (Wildman–Crippen MR) is 93.2 cm³/mol. The number of hydrogen-bond acceptors (Lipinski definition) is 4. The van der Waals surface area contributed by atoms with Crippen LogP contribution >= 0.6 is 11.8 Å². The number of carbonyl (C=O) groups is 1. The second-order valence-electron chi connectivity index (χ2n) is 5.73. The van der Waals surface area contributed by atoms with Crippen LogP contribution in [0.3, 0.4) is 0 Å². The number of carbonyl (C=O) groups excluding carboxylic acids is 1. The normalized spacial score (nSPS) is 12.4. The van der Waals surface area contributed by atoms with E-state index in [1.54, 1.807) is 29.8 Å². The number of aromatic nitrogens is 2. The summed E-state index contributed by atoms with van der Waals surface area (Å²) >= 11 is 1.57. The number of thioether (sulfide) groups is 1. The molecule has 0 aliphatic carbocycles. The number of nitrogens with zero attached hydrogens (tertiary/aromatic N) is 3. The van der Waals surface area contributed by atoms with Gasteiger partial charge in [-0.25, -0.2) is 4.98 Å². The summed E-state index contributed by atoms with van der Waals surface area (Å²) in [6, 6.07) is 7.50. The van der Waals surface area contributed by atoms with Gasteiger partial charge in [0, 0.05) is 36.2 Å². The maximum absolute atomic E-state index is 12.6. The highest BCUT2D eigenvalue weighted by atomic mass is 32.2. The Kier molecular flexibility index (Phi) is 5.85. The van der Waals surface area contributed by atoms with Gasteiger partial charge in [0.25, 0.3) is 5.91 Å². The van der Waals surface area contributed by atoms with Gasteiger partial charge in [-0.3, -0.25) is 9.36 Å². The van der Waals surface area contributed by atoms with Crippen molar-refractivity contribution in [3.05, 3.63) is 42.2 Å². The van der Waals surface area contributed by atoms with Crippen molar-refractivity contribution in [2.24, 2.45) is 0 Å². The Balaban J connectivity index is 2.23. The van der Waals surface area contributed by atoms with Crippen molar-refractivity contribution in [3.63, 3.8) is 0 Å². The van der Waals surface area contributed by atoms with Crippen LogP contribution < -0.4 is 0 Å². The van der Waals surface area contributed by atoms with Crippen molar-refractivity contribution in [2.75, 3.05) is 12.8 Å². The lowest BCUT2D eigenvalue weighted by atomic mass is 10.1. The molecule has 124 valence electrons.